The first kappa shape index (κ1) is 18.5. The van der Waals surface area contributed by atoms with Gasteiger partial charge in [-0.25, -0.2) is 0 Å². The Labute approximate surface area is 148 Å². The van der Waals surface area contributed by atoms with Crippen LogP contribution in [0.3, 0.4) is 0 Å². The first-order valence-corrected chi connectivity index (χ1v) is 7.53. The van der Waals surface area contributed by atoms with Crippen LogP contribution >= 0.6 is 35.6 Å². The second-order valence-corrected chi connectivity index (χ2v) is 5.54. The van der Waals surface area contributed by atoms with Gasteiger partial charge in [-0.1, -0.05) is 42.6 Å². The quantitative estimate of drug-likeness (QED) is 0.446. The number of aliphatic hydroxyl groups is 1. The zero-order valence-electron chi connectivity index (χ0n) is 12.0. The molecular weight excluding hydrogens is 401 g/mol. The van der Waals surface area contributed by atoms with Gasteiger partial charge in [-0.2, -0.15) is 0 Å². The van der Waals surface area contributed by atoms with E-state index in [0.29, 0.717) is 16.5 Å². The molecule has 1 saturated heterocycles. The van der Waals surface area contributed by atoms with Crippen molar-refractivity contribution in [3.8, 4) is 0 Å². The van der Waals surface area contributed by atoms with E-state index in [2.05, 4.69) is 9.89 Å². The third kappa shape index (κ3) is 5.64. The van der Waals surface area contributed by atoms with Crippen molar-refractivity contribution >= 4 is 41.5 Å². The van der Waals surface area contributed by atoms with Crippen molar-refractivity contribution in [3.05, 3.63) is 34.9 Å². The van der Waals surface area contributed by atoms with Crippen LogP contribution < -0.4 is 5.73 Å². The number of rotatable bonds is 3. The molecule has 118 valence electrons. The van der Waals surface area contributed by atoms with Gasteiger partial charge >= 0.3 is 0 Å². The standard InChI is InChI=1S/C15H22ClN3O.HI/c16-13-8-4-3-7-12(13)14(20)11-18-15(17)19-9-5-1-2-6-10-19;/h3-4,7-8,14,20H,1-2,5-6,9-11H2,(H2,17,18);1H. The van der Waals surface area contributed by atoms with Crippen LogP contribution in [-0.2, 0) is 0 Å². The van der Waals surface area contributed by atoms with E-state index in [9.17, 15) is 5.11 Å². The van der Waals surface area contributed by atoms with E-state index in [-0.39, 0.29) is 30.5 Å². The number of nitrogens with two attached hydrogens (primary N) is 1. The normalized spacial score (nSPS) is 17.8. The monoisotopic (exact) mass is 423 g/mol. The Morgan fingerprint density at radius 1 is 1.24 bits per heavy atom. The molecule has 1 aromatic carbocycles. The number of guanidine groups is 1. The topological polar surface area (TPSA) is 61.9 Å². The molecule has 0 radical (unpaired) electrons. The minimum Gasteiger partial charge on any atom is -0.386 e. The minimum absolute atomic E-state index is 0. The first-order chi connectivity index (χ1) is 9.68. The van der Waals surface area contributed by atoms with Crippen molar-refractivity contribution < 1.29 is 5.11 Å². The summed E-state index contributed by atoms with van der Waals surface area (Å²) in [4.78, 5) is 6.42. The lowest BCUT2D eigenvalue weighted by Gasteiger charge is -2.21. The summed E-state index contributed by atoms with van der Waals surface area (Å²) in [6.07, 6.45) is 4.11. The van der Waals surface area contributed by atoms with E-state index >= 15 is 0 Å². The molecule has 1 heterocycles. The second kappa shape index (κ2) is 9.48. The molecule has 0 aromatic heterocycles. The molecule has 1 aliphatic heterocycles. The van der Waals surface area contributed by atoms with Gasteiger partial charge in [0, 0.05) is 23.7 Å². The fraction of sp³-hybridized carbons (Fsp3) is 0.533. The van der Waals surface area contributed by atoms with Crippen molar-refractivity contribution in [2.24, 2.45) is 10.7 Å². The second-order valence-electron chi connectivity index (χ2n) is 5.14. The summed E-state index contributed by atoms with van der Waals surface area (Å²) in [5.74, 6) is 0.526. The molecular formula is C15H23ClIN3O. The highest BCUT2D eigenvalue weighted by molar-refractivity contribution is 14.0. The molecule has 0 bridgehead atoms. The highest BCUT2D eigenvalue weighted by atomic mass is 127. The Balaban J connectivity index is 0.00000220. The molecule has 6 heteroatoms. The molecule has 3 N–H and O–H groups in total. The Morgan fingerprint density at radius 3 is 2.48 bits per heavy atom. The summed E-state index contributed by atoms with van der Waals surface area (Å²) in [7, 11) is 0. The van der Waals surface area contributed by atoms with Crippen LogP contribution in [0.5, 0.6) is 0 Å². The van der Waals surface area contributed by atoms with Gasteiger partial charge < -0.3 is 15.7 Å². The zero-order valence-corrected chi connectivity index (χ0v) is 15.1. The van der Waals surface area contributed by atoms with E-state index in [0.717, 1.165) is 25.9 Å². The van der Waals surface area contributed by atoms with Gasteiger partial charge in [-0.15, -0.1) is 24.0 Å². The Bertz CT molecular complexity index is 462. The summed E-state index contributed by atoms with van der Waals surface area (Å²) < 4.78 is 0. The number of hydrogen-bond donors (Lipinski definition) is 2. The summed E-state index contributed by atoms with van der Waals surface area (Å²) in [5.41, 5.74) is 6.71. The SMILES string of the molecule is I.NC(=NCC(O)c1ccccc1Cl)N1CCCCCC1. The summed E-state index contributed by atoms with van der Waals surface area (Å²) in [6.45, 7) is 2.15. The van der Waals surface area contributed by atoms with E-state index in [4.69, 9.17) is 17.3 Å². The third-order valence-electron chi connectivity index (χ3n) is 3.62. The van der Waals surface area contributed by atoms with Gasteiger partial charge in [0.1, 0.15) is 6.10 Å². The fourth-order valence-corrected chi connectivity index (χ4v) is 2.69. The first-order valence-electron chi connectivity index (χ1n) is 7.16. The zero-order chi connectivity index (χ0) is 14.4. The van der Waals surface area contributed by atoms with E-state index < -0.39 is 6.10 Å². The average molecular weight is 424 g/mol. The Morgan fingerprint density at radius 2 is 1.86 bits per heavy atom. The third-order valence-corrected chi connectivity index (χ3v) is 3.96. The molecule has 0 aliphatic carbocycles. The molecule has 0 amide bonds. The average Bonchev–Trinajstić information content (AvgIpc) is 2.74. The van der Waals surface area contributed by atoms with Crippen LogP contribution in [0.15, 0.2) is 29.3 Å². The van der Waals surface area contributed by atoms with E-state index in [1.165, 1.54) is 12.8 Å². The number of hydrogen-bond acceptors (Lipinski definition) is 2. The van der Waals surface area contributed by atoms with Crippen LogP contribution in [0.2, 0.25) is 5.02 Å². The summed E-state index contributed by atoms with van der Waals surface area (Å²) >= 11 is 6.05. The molecule has 0 spiro atoms. The lowest BCUT2D eigenvalue weighted by Crippen LogP contribution is -2.38. The maximum absolute atomic E-state index is 10.1. The number of nitrogens with zero attached hydrogens (tertiary/aromatic N) is 2. The van der Waals surface area contributed by atoms with Crippen molar-refractivity contribution in [2.75, 3.05) is 19.6 Å². The predicted molar refractivity (Wildman–Crippen MR) is 98.4 cm³/mol. The van der Waals surface area contributed by atoms with Crippen LogP contribution in [-0.4, -0.2) is 35.6 Å². The molecule has 1 aliphatic rings. The largest absolute Gasteiger partial charge is 0.386 e. The van der Waals surface area contributed by atoms with Gasteiger partial charge in [-0.3, -0.25) is 4.99 Å². The van der Waals surface area contributed by atoms with Crippen LogP contribution in [0.1, 0.15) is 37.4 Å². The molecule has 1 fully saturated rings. The van der Waals surface area contributed by atoms with Crippen molar-refractivity contribution in [2.45, 2.75) is 31.8 Å². The maximum Gasteiger partial charge on any atom is 0.191 e. The molecule has 0 saturated carbocycles. The van der Waals surface area contributed by atoms with Gasteiger partial charge in [0.05, 0.1) is 6.54 Å². The minimum atomic E-state index is -0.714. The predicted octanol–water partition coefficient (Wildman–Crippen LogP) is 3.18. The highest BCUT2D eigenvalue weighted by Crippen LogP contribution is 2.22. The molecule has 4 nitrogen and oxygen atoms in total. The van der Waals surface area contributed by atoms with Crippen LogP contribution in [0.25, 0.3) is 0 Å². The van der Waals surface area contributed by atoms with E-state index in [1.54, 1.807) is 6.07 Å². The molecule has 1 atom stereocenters. The summed E-state index contributed by atoms with van der Waals surface area (Å²) in [6, 6.07) is 7.27. The molecule has 2 rings (SSSR count). The van der Waals surface area contributed by atoms with Crippen molar-refractivity contribution in [3.63, 3.8) is 0 Å². The van der Waals surface area contributed by atoms with Crippen LogP contribution in [0, 0.1) is 0 Å². The fourth-order valence-electron chi connectivity index (χ4n) is 2.42. The smallest absolute Gasteiger partial charge is 0.191 e. The van der Waals surface area contributed by atoms with Crippen molar-refractivity contribution in [1.29, 1.82) is 0 Å². The molecule has 1 unspecified atom stereocenters. The highest BCUT2D eigenvalue weighted by Gasteiger charge is 2.13. The number of aliphatic hydroxyl groups excluding tert-OH is 1. The van der Waals surface area contributed by atoms with Gasteiger partial charge in [0.15, 0.2) is 5.96 Å². The Hall–Kier alpha value is -0.530. The lowest BCUT2D eigenvalue weighted by molar-refractivity contribution is 0.187. The Kier molecular flexibility index (Phi) is 8.36. The molecule has 1 aromatic rings. The number of likely N-dealkylation sites (tertiary alicyclic amines) is 1. The number of benzene rings is 1. The van der Waals surface area contributed by atoms with Crippen LogP contribution in [0.4, 0.5) is 0 Å². The van der Waals surface area contributed by atoms with Crippen molar-refractivity contribution in [1.82, 2.24) is 4.90 Å². The van der Waals surface area contributed by atoms with E-state index in [1.807, 2.05) is 18.2 Å². The molecule has 21 heavy (non-hydrogen) atoms. The van der Waals surface area contributed by atoms with Gasteiger partial charge in [0.25, 0.3) is 0 Å². The lowest BCUT2D eigenvalue weighted by atomic mass is 10.1. The van der Waals surface area contributed by atoms with Gasteiger partial charge in [0.2, 0.25) is 0 Å². The number of halogens is 2. The maximum atomic E-state index is 10.1. The number of aliphatic imine (C=N–C) groups is 1. The summed E-state index contributed by atoms with van der Waals surface area (Å²) in [5, 5.41) is 10.7. The van der Waals surface area contributed by atoms with Gasteiger partial charge in [-0.05, 0) is 18.9 Å².